The Hall–Kier alpha value is -3.29. The normalized spacial score (nSPS) is 11.2. The number of halogens is 3. The van der Waals surface area contributed by atoms with Crippen molar-refractivity contribution in [3.05, 3.63) is 60.9 Å². The lowest BCUT2D eigenvalue weighted by Crippen LogP contribution is -2.17. The van der Waals surface area contributed by atoms with Gasteiger partial charge in [0.05, 0.1) is 5.69 Å². The highest BCUT2D eigenvalue weighted by atomic mass is 19.4. The Morgan fingerprint density at radius 2 is 1.68 bits per heavy atom. The fraction of sp³-hybridized carbons (Fsp3) is 0.0588. The summed E-state index contributed by atoms with van der Waals surface area (Å²) in [5.74, 6) is 0.101. The van der Waals surface area contributed by atoms with Crippen LogP contribution in [0, 0.1) is 0 Å². The van der Waals surface area contributed by atoms with E-state index >= 15 is 0 Å². The summed E-state index contributed by atoms with van der Waals surface area (Å²) in [4.78, 5) is 8.11. The number of hydrogen-bond acceptors (Lipinski definition) is 5. The molecule has 5 nitrogen and oxygen atoms in total. The van der Waals surface area contributed by atoms with Crippen molar-refractivity contribution in [1.29, 1.82) is 0 Å². The first-order chi connectivity index (χ1) is 11.9. The number of nitrogens with two attached hydrogens (primary N) is 1. The topological polar surface area (TPSA) is 73.1 Å². The maximum Gasteiger partial charge on any atom is 0.573 e. The highest BCUT2D eigenvalue weighted by molar-refractivity contribution is 5.70. The molecule has 0 saturated carbocycles. The summed E-state index contributed by atoms with van der Waals surface area (Å²) < 4.78 is 41.7. The van der Waals surface area contributed by atoms with E-state index in [1.54, 1.807) is 30.3 Å². The average molecular weight is 346 g/mol. The van der Waals surface area contributed by atoms with Crippen molar-refractivity contribution in [2.24, 2.45) is 0 Å². The van der Waals surface area contributed by atoms with E-state index in [1.807, 2.05) is 0 Å². The van der Waals surface area contributed by atoms with Gasteiger partial charge in [-0.05, 0) is 36.4 Å². The van der Waals surface area contributed by atoms with Crippen LogP contribution in [-0.4, -0.2) is 16.3 Å². The maximum atomic E-state index is 12.6. The van der Waals surface area contributed by atoms with Crippen LogP contribution in [0.15, 0.2) is 60.9 Å². The Morgan fingerprint density at radius 3 is 2.40 bits per heavy atom. The van der Waals surface area contributed by atoms with Gasteiger partial charge in [-0.15, -0.1) is 13.2 Å². The summed E-state index contributed by atoms with van der Waals surface area (Å²) in [6.45, 7) is 0. The molecule has 0 spiro atoms. The van der Waals surface area contributed by atoms with Crippen LogP contribution in [0.3, 0.4) is 0 Å². The Labute approximate surface area is 141 Å². The molecular formula is C17H13F3N4O. The van der Waals surface area contributed by atoms with E-state index in [4.69, 9.17) is 5.73 Å². The van der Waals surface area contributed by atoms with E-state index in [1.165, 1.54) is 30.6 Å². The number of hydrogen-bond donors (Lipinski definition) is 2. The third-order valence-corrected chi connectivity index (χ3v) is 3.24. The molecule has 25 heavy (non-hydrogen) atoms. The zero-order valence-corrected chi connectivity index (χ0v) is 12.8. The lowest BCUT2D eigenvalue weighted by molar-refractivity contribution is -0.274. The van der Waals surface area contributed by atoms with Gasteiger partial charge in [-0.3, -0.25) is 0 Å². The van der Waals surface area contributed by atoms with Gasteiger partial charge in [0.1, 0.15) is 17.9 Å². The highest BCUT2D eigenvalue weighted by Gasteiger charge is 2.32. The largest absolute Gasteiger partial charge is 0.573 e. The summed E-state index contributed by atoms with van der Waals surface area (Å²) in [7, 11) is 0. The monoisotopic (exact) mass is 346 g/mol. The minimum absolute atomic E-state index is 0.211. The van der Waals surface area contributed by atoms with Gasteiger partial charge in [0, 0.05) is 23.0 Å². The minimum Gasteiger partial charge on any atom is -0.405 e. The highest BCUT2D eigenvalue weighted by Crippen LogP contribution is 2.33. The van der Waals surface area contributed by atoms with E-state index in [-0.39, 0.29) is 11.3 Å². The lowest BCUT2D eigenvalue weighted by Gasteiger charge is -2.13. The summed E-state index contributed by atoms with van der Waals surface area (Å²) in [5.41, 5.74) is 7.49. The Bertz CT molecular complexity index is 866. The van der Waals surface area contributed by atoms with Crippen LogP contribution in [0.25, 0.3) is 11.3 Å². The SMILES string of the molecule is Nc1ccc(Nc2cc(-c3ccccc3OC(F)(F)F)ncn2)cc1. The first-order valence-corrected chi connectivity index (χ1v) is 7.20. The first kappa shape index (κ1) is 16.6. The molecule has 0 aliphatic carbocycles. The summed E-state index contributed by atoms with van der Waals surface area (Å²) in [6.07, 6.45) is -3.52. The lowest BCUT2D eigenvalue weighted by atomic mass is 10.1. The van der Waals surface area contributed by atoms with Crippen LogP contribution in [0.1, 0.15) is 0 Å². The number of ether oxygens (including phenoxy) is 1. The molecule has 0 radical (unpaired) electrons. The molecule has 0 unspecified atom stereocenters. The summed E-state index contributed by atoms with van der Waals surface area (Å²) >= 11 is 0. The van der Waals surface area contributed by atoms with Crippen LogP contribution in [0.4, 0.5) is 30.4 Å². The van der Waals surface area contributed by atoms with Gasteiger partial charge in [0.2, 0.25) is 0 Å². The molecule has 0 fully saturated rings. The molecule has 0 saturated heterocycles. The van der Waals surface area contributed by atoms with Crippen molar-refractivity contribution in [2.45, 2.75) is 6.36 Å². The van der Waals surface area contributed by atoms with Crippen LogP contribution in [-0.2, 0) is 0 Å². The quantitative estimate of drug-likeness (QED) is 0.687. The number of nitrogens with zero attached hydrogens (tertiary/aromatic N) is 2. The van der Waals surface area contributed by atoms with Gasteiger partial charge in [-0.1, -0.05) is 12.1 Å². The number of para-hydroxylation sites is 1. The van der Waals surface area contributed by atoms with Crippen molar-refractivity contribution in [2.75, 3.05) is 11.1 Å². The third-order valence-electron chi connectivity index (χ3n) is 3.24. The molecule has 0 atom stereocenters. The standard InChI is InChI=1S/C17H13F3N4O/c18-17(19,20)25-15-4-2-1-3-13(15)14-9-16(23-10-22-14)24-12-7-5-11(21)6-8-12/h1-10H,21H2,(H,22,23,24). The predicted octanol–water partition coefficient (Wildman–Crippen LogP) is 4.37. The van der Waals surface area contributed by atoms with E-state index in [2.05, 4.69) is 20.0 Å². The van der Waals surface area contributed by atoms with Crippen LogP contribution < -0.4 is 15.8 Å². The smallest absolute Gasteiger partial charge is 0.405 e. The minimum atomic E-state index is -4.78. The number of rotatable bonds is 4. The second-order valence-electron chi connectivity index (χ2n) is 5.08. The van der Waals surface area contributed by atoms with Crippen molar-refractivity contribution in [1.82, 2.24) is 9.97 Å². The molecular weight excluding hydrogens is 333 g/mol. The van der Waals surface area contributed by atoms with E-state index in [0.717, 1.165) is 5.69 Å². The van der Waals surface area contributed by atoms with Gasteiger partial charge in [0.25, 0.3) is 0 Å². The molecule has 0 aliphatic rings. The number of alkyl halides is 3. The van der Waals surface area contributed by atoms with Crippen LogP contribution >= 0.6 is 0 Å². The fourth-order valence-corrected chi connectivity index (χ4v) is 2.18. The Morgan fingerprint density at radius 1 is 0.960 bits per heavy atom. The van der Waals surface area contributed by atoms with Gasteiger partial charge >= 0.3 is 6.36 Å². The van der Waals surface area contributed by atoms with Crippen molar-refractivity contribution in [3.63, 3.8) is 0 Å². The molecule has 0 amide bonds. The van der Waals surface area contributed by atoms with Crippen LogP contribution in [0.2, 0.25) is 0 Å². The van der Waals surface area contributed by atoms with Gasteiger partial charge < -0.3 is 15.8 Å². The number of benzene rings is 2. The molecule has 3 rings (SSSR count). The zero-order chi connectivity index (χ0) is 17.9. The molecule has 128 valence electrons. The van der Waals surface area contributed by atoms with Crippen molar-refractivity contribution in [3.8, 4) is 17.0 Å². The van der Waals surface area contributed by atoms with E-state index < -0.39 is 6.36 Å². The number of nitrogen functional groups attached to an aromatic ring is 1. The third kappa shape index (κ3) is 4.37. The molecule has 2 aromatic carbocycles. The Balaban J connectivity index is 1.90. The van der Waals surface area contributed by atoms with Crippen molar-refractivity contribution >= 4 is 17.2 Å². The van der Waals surface area contributed by atoms with Gasteiger partial charge in [-0.2, -0.15) is 0 Å². The molecule has 0 bridgehead atoms. The average Bonchev–Trinajstić information content (AvgIpc) is 2.56. The molecule has 1 aromatic heterocycles. The van der Waals surface area contributed by atoms with Crippen LogP contribution in [0.5, 0.6) is 5.75 Å². The second-order valence-corrected chi connectivity index (χ2v) is 5.08. The molecule has 0 aliphatic heterocycles. The first-order valence-electron chi connectivity index (χ1n) is 7.20. The van der Waals surface area contributed by atoms with Gasteiger partial charge in [0.15, 0.2) is 0 Å². The second kappa shape index (κ2) is 6.68. The molecule has 3 N–H and O–H groups in total. The number of nitrogens with one attached hydrogen (secondary N) is 1. The Kier molecular flexibility index (Phi) is 4.42. The molecule has 3 aromatic rings. The van der Waals surface area contributed by atoms with E-state index in [0.29, 0.717) is 17.2 Å². The van der Waals surface area contributed by atoms with Crippen molar-refractivity contribution < 1.29 is 17.9 Å². The predicted molar refractivity (Wildman–Crippen MR) is 88.3 cm³/mol. The number of aromatic nitrogens is 2. The van der Waals surface area contributed by atoms with E-state index in [9.17, 15) is 13.2 Å². The molecule has 8 heteroatoms. The fourth-order valence-electron chi connectivity index (χ4n) is 2.18. The zero-order valence-electron chi connectivity index (χ0n) is 12.8. The summed E-state index contributed by atoms with van der Waals surface area (Å²) in [6, 6.07) is 14.3. The van der Waals surface area contributed by atoms with Gasteiger partial charge in [-0.25, -0.2) is 9.97 Å². The maximum absolute atomic E-state index is 12.6. The molecule has 1 heterocycles. The summed E-state index contributed by atoms with van der Waals surface area (Å²) in [5, 5.41) is 3.04. The number of anilines is 3.